The summed E-state index contributed by atoms with van der Waals surface area (Å²) in [5, 5.41) is 12.6. The molecule has 1 heterocycles. The number of fused-ring (bicyclic) bond motifs is 1. The van der Waals surface area contributed by atoms with Gasteiger partial charge in [0.05, 0.1) is 44.0 Å². The SMILES string of the molecule is COc1ccc(CN(C)C[C@@H]2OCCCC[C@@H](C)Oc3ccc(NC(=O)CCC(F)(F)F)cc3C(=O)N([C@H](C)CO)C[C@@H]2C)cc1. The van der Waals surface area contributed by atoms with Crippen molar-refractivity contribution in [1.82, 2.24) is 9.80 Å². The number of carbonyl (C=O) groups is 2. The maximum absolute atomic E-state index is 14.2. The van der Waals surface area contributed by atoms with Crippen molar-refractivity contribution in [2.45, 2.75) is 83.8 Å². The number of aliphatic hydroxyl groups is 1. The van der Waals surface area contributed by atoms with Crippen LogP contribution < -0.4 is 14.8 Å². The molecule has 0 bridgehead atoms. The van der Waals surface area contributed by atoms with Crippen molar-refractivity contribution in [3.05, 3.63) is 53.6 Å². The second-order valence-corrected chi connectivity index (χ2v) is 12.2. The van der Waals surface area contributed by atoms with Crippen molar-refractivity contribution >= 4 is 17.5 Å². The first kappa shape index (κ1) is 37.1. The third-order valence-electron chi connectivity index (χ3n) is 8.07. The molecule has 2 amide bonds. The highest BCUT2D eigenvalue weighted by Crippen LogP contribution is 2.29. The molecule has 0 aromatic heterocycles. The normalized spacial score (nSPS) is 20.8. The molecule has 46 heavy (non-hydrogen) atoms. The van der Waals surface area contributed by atoms with E-state index in [-0.39, 0.29) is 42.5 Å². The fraction of sp³-hybridized carbons (Fsp3) is 0.588. The number of nitrogens with zero attached hydrogens (tertiary/aromatic N) is 2. The number of halogens is 3. The van der Waals surface area contributed by atoms with E-state index in [1.165, 1.54) is 12.1 Å². The van der Waals surface area contributed by atoms with Crippen LogP contribution in [0.1, 0.15) is 68.8 Å². The first-order valence-electron chi connectivity index (χ1n) is 15.8. The number of ether oxygens (including phenoxy) is 3. The van der Waals surface area contributed by atoms with Gasteiger partial charge in [-0.25, -0.2) is 0 Å². The van der Waals surface area contributed by atoms with Crippen LogP contribution in [0.25, 0.3) is 0 Å². The van der Waals surface area contributed by atoms with Crippen LogP contribution in [0.15, 0.2) is 42.5 Å². The Morgan fingerprint density at radius 2 is 1.89 bits per heavy atom. The standard InChI is InChI=1S/C34H48F3N3O6/c1-23-19-40(24(2)22-41)33(43)29-18-27(38-32(42)15-16-34(35,36)37)11-14-30(29)46-25(3)8-6-7-17-45-31(23)21-39(4)20-26-9-12-28(44-5)13-10-26/h9-14,18,23-25,31,41H,6-8,15-17,19-22H2,1-5H3,(H,38,42)/t23-,24+,25+,31-/m0/s1. The van der Waals surface area contributed by atoms with E-state index in [1.807, 2.05) is 45.2 Å². The highest BCUT2D eigenvalue weighted by Gasteiger charge is 2.31. The Balaban J connectivity index is 1.87. The lowest BCUT2D eigenvalue weighted by atomic mass is 10.0. The van der Waals surface area contributed by atoms with Gasteiger partial charge in [0.2, 0.25) is 5.91 Å². The van der Waals surface area contributed by atoms with Gasteiger partial charge in [-0.05, 0) is 76.1 Å². The summed E-state index contributed by atoms with van der Waals surface area (Å²) in [4.78, 5) is 30.2. The molecule has 2 N–H and O–H groups in total. The second kappa shape index (κ2) is 17.5. The number of benzene rings is 2. The van der Waals surface area contributed by atoms with Crippen molar-refractivity contribution in [1.29, 1.82) is 0 Å². The highest BCUT2D eigenvalue weighted by molar-refractivity contribution is 5.99. The Labute approximate surface area is 270 Å². The molecule has 0 fully saturated rings. The van der Waals surface area contributed by atoms with Crippen LogP contribution in [0.2, 0.25) is 0 Å². The number of carbonyl (C=O) groups excluding carboxylic acids is 2. The van der Waals surface area contributed by atoms with Gasteiger partial charge < -0.3 is 29.5 Å². The minimum absolute atomic E-state index is 0.132. The molecule has 0 saturated carbocycles. The van der Waals surface area contributed by atoms with Gasteiger partial charge in [0.25, 0.3) is 5.91 Å². The summed E-state index contributed by atoms with van der Waals surface area (Å²) in [6, 6.07) is 11.8. The minimum atomic E-state index is -4.46. The number of alkyl halides is 3. The van der Waals surface area contributed by atoms with Gasteiger partial charge in [-0.2, -0.15) is 13.2 Å². The van der Waals surface area contributed by atoms with E-state index in [9.17, 15) is 27.9 Å². The molecule has 0 spiro atoms. The second-order valence-electron chi connectivity index (χ2n) is 12.2. The van der Waals surface area contributed by atoms with Crippen molar-refractivity contribution in [3.63, 3.8) is 0 Å². The summed E-state index contributed by atoms with van der Waals surface area (Å²) in [5.74, 6) is -0.280. The maximum atomic E-state index is 14.2. The van der Waals surface area contributed by atoms with Crippen molar-refractivity contribution in [2.75, 3.05) is 45.8 Å². The largest absolute Gasteiger partial charge is 0.497 e. The van der Waals surface area contributed by atoms with Crippen LogP contribution in [0.5, 0.6) is 11.5 Å². The lowest BCUT2D eigenvalue weighted by Gasteiger charge is -2.36. The van der Waals surface area contributed by atoms with E-state index in [0.717, 1.165) is 24.2 Å². The Morgan fingerprint density at radius 3 is 2.54 bits per heavy atom. The predicted octanol–water partition coefficient (Wildman–Crippen LogP) is 5.90. The monoisotopic (exact) mass is 651 g/mol. The lowest BCUT2D eigenvalue weighted by Crippen LogP contribution is -2.47. The molecule has 256 valence electrons. The third-order valence-corrected chi connectivity index (χ3v) is 8.07. The summed E-state index contributed by atoms with van der Waals surface area (Å²) in [7, 11) is 3.65. The van der Waals surface area contributed by atoms with Crippen LogP contribution in [0.4, 0.5) is 18.9 Å². The van der Waals surface area contributed by atoms with Crippen molar-refractivity contribution < 1.29 is 42.1 Å². The number of rotatable bonds is 10. The van der Waals surface area contributed by atoms with Crippen LogP contribution in [0.3, 0.4) is 0 Å². The van der Waals surface area contributed by atoms with Crippen LogP contribution in [-0.2, 0) is 16.1 Å². The summed E-state index contributed by atoms with van der Waals surface area (Å²) < 4.78 is 55.8. The zero-order valence-electron chi connectivity index (χ0n) is 27.4. The molecule has 9 nitrogen and oxygen atoms in total. The zero-order valence-corrected chi connectivity index (χ0v) is 27.4. The van der Waals surface area contributed by atoms with E-state index >= 15 is 0 Å². The van der Waals surface area contributed by atoms with E-state index < -0.39 is 36.9 Å². The topological polar surface area (TPSA) is 101 Å². The quantitative estimate of drug-likeness (QED) is 0.330. The van der Waals surface area contributed by atoms with Crippen LogP contribution in [-0.4, -0.2) is 91.6 Å². The summed E-state index contributed by atoms with van der Waals surface area (Å²) in [5.41, 5.74) is 1.45. The molecule has 1 aliphatic rings. The van der Waals surface area contributed by atoms with Gasteiger partial charge >= 0.3 is 6.18 Å². The zero-order chi connectivity index (χ0) is 33.9. The first-order valence-corrected chi connectivity index (χ1v) is 15.8. The first-order chi connectivity index (χ1) is 21.8. The van der Waals surface area contributed by atoms with E-state index in [1.54, 1.807) is 25.0 Å². The van der Waals surface area contributed by atoms with Crippen LogP contribution >= 0.6 is 0 Å². The fourth-order valence-corrected chi connectivity index (χ4v) is 5.36. The average molecular weight is 652 g/mol. The highest BCUT2D eigenvalue weighted by atomic mass is 19.4. The molecule has 1 aliphatic heterocycles. The maximum Gasteiger partial charge on any atom is 0.389 e. The Bertz CT molecular complexity index is 1260. The van der Waals surface area contributed by atoms with Crippen LogP contribution in [0, 0.1) is 5.92 Å². The van der Waals surface area contributed by atoms with Gasteiger partial charge in [0.15, 0.2) is 0 Å². The molecule has 2 aromatic carbocycles. The van der Waals surface area contributed by atoms with E-state index in [2.05, 4.69) is 10.2 Å². The van der Waals surface area contributed by atoms with E-state index in [0.29, 0.717) is 31.9 Å². The molecular formula is C34H48F3N3O6. The van der Waals surface area contributed by atoms with Crippen molar-refractivity contribution in [3.8, 4) is 11.5 Å². The van der Waals surface area contributed by atoms with E-state index in [4.69, 9.17) is 14.2 Å². The fourth-order valence-electron chi connectivity index (χ4n) is 5.36. The number of anilines is 1. The van der Waals surface area contributed by atoms with Gasteiger partial charge in [-0.3, -0.25) is 14.5 Å². The number of likely N-dealkylation sites (N-methyl/N-ethyl adjacent to an activating group) is 1. The number of aliphatic hydroxyl groups excluding tert-OH is 1. The molecule has 3 rings (SSSR count). The van der Waals surface area contributed by atoms with Gasteiger partial charge in [0, 0.05) is 44.3 Å². The molecule has 12 heteroatoms. The number of nitrogens with one attached hydrogen (secondary N) is 1. The lowest BCUT2D eigenvalue weighted by molar-refractivity contribution is -0.142. The molecule has 2 aromatic rings. The average Bonchev–Trinajstić information content (AvgIpc) is 3.01. The molecule has 0 aliphatic carbocycles. The number of hydrogen-bond donors (Lipinski definition) is 2. The molecule has 0 unspecified atom stereocenters. The number of methoxy groups -OCH3 is 1. The molecule has 0 radical (unpaired) electrons. The predicted molar refractivity (Wildman–Crippen MR) is 170 cm³/mol. The molecule has 0 saturated heterocycles. The van der Waals surface area contributed by atoms with Crippen molar-refractivity contribution in [2.24, 2.45) is 5.92 Å². The Hall–Kier alpha value is -3.35. The number of amides is 2. The van der Waals surface area contributed by atoms with Gasteiger partial charge in [0.1, 0.15) is 11.5 Å². The minimum Gasteiger partial charge on any atom is -0.497 e. The number of hydrogen-bond acceptors (Lipinski definition) is 7. The smallest absolute Gasteiger partial charge is 0.389 e. The van der Waals surface area contributed by atoms with Gasteiger partial charge in [-0.1, -0.05) is 19.1 Å². The summed E-state index contributed by atoms with van der Waals surface area (Å²) in [6.07, 6.45) is -4.53. The molecular weight excluding hydrogens is 603 g/mol. The third kappa shape index (κ3) is 11.8. The molecule has 4 atom stereocenters. The Morgan fingerprint density at radius 1 is 1.17 bits per heavy atom. The summed E-state index contributed by atoms with van der Waals surface area (Å²) in [6.45, 7) is 7.47. The van der Waals surface area contributed by atoms with Gasteiger partial charge in [-0.15, -0.1) is 0 Å². The Kier molecular flexibility index (Phi) is 14.1. The summed E-state index contributed by atoms with van der Waals surface area (Å²) >= 11 is 0.